The molecule has 0 atom stereocenters. The third-order valence-corrected chi connectivity index (χ3v) is 3.66. The van der Waals surface area contributed by atoms with Crippen LogP contribution in [0.2, 0.25) is 0 Å². The van der Waals surface area contributed by atoms with Gasteiger partial charge in [0.2, 0.25) is 0 Å². The second kappa shape index (κ2) is 8.06. The smallest absolute Gasteiger partial charge is 0.256 e. The molecule has 1 heterocycles. The largest absolute Gasteiger partial charge is 0.497 e. The van der Waals surface area contributed by atoms with E-state index in [1.165, 1.54) is 13.2 Å². The summed E-state index contributed by atoms with van der Waals surface area (Å²) >= 11 is 0. The van der Waals surface area contributed by atoms with Crippen LogP contribution in [0.5, 0.6) is 5.75 Å². The first kappa shape index (κ1) is 17.3. The molecule has 0 spiro atoms. The third kappa shape index (κ3) is 4.32. The quantitative estimate of drug-likeness (QED) is 0.710. The number of amides is 1. The summed E-state index contributed by atoms with van der Waals surface area (Å²) < 4.78 is 18.7. The Kier molecular flexibility index (Phi) is 5.38. The van der Waals surface area contributed by atoms with Crippen LogP contribution in [0, 0.1) is 5.82 Å². The Labute approximate surface area is 150 Å². The van der Waals surface area contributed by atoms with E-state index in [-0.39, 0.29) is 18.3 Å². The molecule has 0 aliphatic heterocycles. The topological polar surface area (TPSA) is 76.1 Å². The van der Waals surface area contributed by atoms with E-state index in [4.69, 9.17) is 4.74 Å². The summed E-state index contributed by atoms with van der Waals surface area (Å²) in [6, 6.07) is 16.6. The lowest BCUT2D eigenvalue weighted by Crippen LogP contribution is -2.14. The molecule has 0 aliphatic rings. The number of halogens is 1. The number of nitrogens with zero attached hydrogens (tertiary/aromatic N) is 2. The number of carbonyl (C=O) groups excluding carboxylic acids is 1. The molecule has 0 fully saturated rings. The molecule has 0 aliphatic carbocycles. The van der Waals surface area contributed by atoms with Crippen molar-refractivity contribution in [3.8, 4) is 5.75 Å². The van der Waals surface area contributed by atoms with Gasteiger partial charge in [-0.25, -0.2) is 4.39 Å². The normalized spacial score (nSPS) is 10.2. The SMILES string of the molecule is COc1cccc(C(=O)Nc2ccc(NCc3ccccc3F)nn2)c1. The van der Waals surface area contributed by atoms with Crippen molar-refractivity contribution in [1.29, 1.82) is 0 Å². The number of hydrogen-bond acceptors (Lipinski definition) is 5. The van der Waals surface area contributed by atoms with E-state index in [1.54, 1.807) is 54.6 Å². The van der Waals surface area contributed by atoms with E-state index in [0.29, 0.717) is 28.5 Å². The predicted octanol–water partition coefficient (Wildman–Crippen LogP) is 3.49. The minimum atomic E-state index is -0.315. The zero-order valence-electron chi connectivity index (χ0n) is 14.1. The van der Waals surface area contributed by atoms with Crippen molar-refractivity contribution in [3.63, 3.8) is 0 Å². The Morgan fingerprint density at radius 3 is 2.54 bits per heavy atom. The minimum Gasteiger partial charge on any atom is -0.497 e. The number of hydrogen-bond donors (Lipinski definition) is 2. The van der Waals surface area contributed by atoms with Gasteiger partial charge in [-0.15, -0.1) is 10.2 Å². The summed E-state index contributed by atoms with van der Waals surface area (Å²) in [5.74, 6) is 0.790. The Balaban J connectivity index is 1.60. The fourth-order valence-corrected chi connectivity index (χ4v) is 2.27. The number of rotatable bonds is 6. The van der Waals surface area contributed by atoms with Crippen LogP contribution in [0.3, 0.4) is 0 Å². The zero-order chi connectivity index (χ0) is 18.4. The number of carbonyl (C=O) groups is 1. The van der Waals surface area contributed by atoms with E-state index in [0.717, 1.165) is 0 Å². The summed E-state index contributed by atoms with van der Waals surface area (Å²) in [7, 11) is 1.54. The molecule has 1 amide bonds. The first-order valence-corrected chi connectivity index (χ1v) is 7.92. The molecule has 6 nitrogen and oxygen atoms in total. The van der Waals surface area contributed by atoms with Crippen molar-refractivity contribution in [3.05, 3.63) is 77.6 Å². The number of aromatic nitrogens is 2. The van der Waals surface area contributed by atoms with Gasteiger partial charge in [-0.3, -0.25) is 4.79 Å². The highest BCUT2D eigenvalue weighted by Crippen LogP contribution is 2.15. The summed E-state index contributed by atoms with van der Waals surface area (Å²) in [5, 5.41) is 13.6. The first-order valence-electron chi connectivity index (χ1n) is 7.92. The van der Waals surface area contributed by atoms with E-state index < -0.39 is 0 Å². The number of benzene rings is 2. The van der Waals surface area contributed by atoms with E-state index in [2.05, 4.69) is 20.8 Å². The van der Waals surface area contributed by atoms with Crippen LogP contribution >= 0.6 is 0 Å². The minimum absolute atomic E-state index is 0.282. The second-order valence-corrected chi connectivity index (χ2v) is 5.43. The molecule has 0 radical (unpaired) electrons. The zero-order valence-corrected chi connectivity index (χ0v) is 14.1. The molecule has 0 saturated heterocycles. The van der Waals surface area contributed by atoms with Crippen LogP contribution in [0.1, 0.15) is 15.9 Å². The lowest BCUT2D eigenvalue weighted by Gasteiger charge is -2.08. The Bertz CT molecular complexity index is 900. The molecular weight excluding hydrogens is 335 g/mol. The maximum atomic E-state index is 13.6. The van der Waals surface area contributed by atoms with E-state index in [9.17, 15) is 9.18 Å². The van der Waals surface area contributed by atoms with Gasteiger partial charge in [-0.05, 0) is 36.4 Å². The van der Waals surface area contributed by atoms with Crippen LogP contribution in [0.25, 0.3) is 0 Å². The average Bonchev–Trinajstić information content (AvgIpc) is 2.68. The predicted molar refractivity (Wildman–Crippen MR) is 96.7 cm³/mol. The van der Waals surface area contributed by atoms with Gasteiger partial charge in [0.15, 0.2) is 5.82 Å². The van der Waals surface area contributed by atoms with Crippen molar-refractivity contribution in [2.75, 3.05) is 17.7 Å². The molecule has 0 saturated carbocycles. The second-order valence-electron chi connectivity index (χ2n) is 5.43. The lowest BCUT2D eigenvalue weighted by atomic mass is 10.2. The molecule has 7 heteroatoms. The highest BCUT2D eigenvalue weighted by atomic mass is 19.1. The Morgan fingerprint density at radius 2 is 1.81 bits per heavy atom. The van der Waals surface area contributed by atoms with Gasteiger partial charge in [-0.2, -0.15) is 0 Å². The van der Waals surface area contributed by atoms with Gasteiger partial charge in [0.1, 0.15) is 17.4 Å². The van der Waals surface area contributed by atoms with Crippen LogP contribution in [0.15, 0.2) is 60.7 Å². The number of methoxy groups -OCH3 is 1. The molecular formula is C19H17FN4O2. The lowest BCUT2D eigenvalue weighted by molar-refractivity contribution is 0.102. The molecule has 0 unspecified atom stereocenters. The van der Waals surface area contributed by atoms with Crippen LogP contribution < -0.4 is 15.4 Å². The fraction of sp³-hybridized carbons (Fsp3) is 0.105. The van der Waals surface area contributed by atoms with Gasteiger partial charge in [0, 0.05) is 17.7 Å². The third-order valence-electron chi connectivity index (χ3n) is 3.66. The molecule has 2 N–H and O–H groups in total. The van der Waals surface area contributed by atoms with Crippen LogP contribution in [-0.2, 0) is 6.54 Å². The van der Waals surface area contributed by atoms with Gasteiger partial charge < -0.3 is 15.4 Å². The van der Waals surface area contributed by atoms with Crippen molar-refractivity contribution in [2.45, 2.75) is 6.54 Å². The van der Waals surface area contributed by atoms with Crippen molar-refractivity contribution in [1.82, 2.24) is 10.2 Å². The van der Waals surface area contributed by atoms with Gasteiger partial charge in [-0.1, -0.05) is 24.3 Å². The van der Waals surface area contributed by atoms with Crippen molar-refractivity contribution in [2.24, 2.45) is 0 Å². The Morgan fingerprint density at radius 1 is 1.04 bits per heavy atom. The highest BCUT2D eigenvalue weighted by molar-refractivity contribution is 6.03. The monoisotopic (exact) mass is 352 g/mol. The maximum Gasteiger partial charge on any atom is 0.256 e. The highest BCUT2D eigenvalue weighted by Gasteiger charge is 2.08. The summed E-state index contributed by atoms with van der Waals surface area (Å²) in [5.41, 5.74) is 0.984. The molecule has 132 valence electrons. The maximum absolute atomic E-state index is 13.6. The van der Waals surface area contributed by atoms with Crippen LogP contribution in [0.4, 0.5) is 16.0 Å². The average molecular weight is 352 g/mol. The molecule has 1 aromatic heterocycles. The number of ether oxygens (including phenoxy) is 1. The summed E-state index contributed by atoms with van der Waals surface area (Å²) in [6.07, 6.45) is 0. The van der Waals surface area contributed by atoms with Crippen molar-refractivity contribution < 1.29 is 13.9 Å². The Hall–Kier alpha value is -3.48. The van der Waals surface area contributed by atoms with Gasteiger partial charge in [0.05, 0.1) is 7.11 Å². The molecule has 3 rings (SSSR count). The van der Waals surface area contributed by atoms with E-state index in [1.807, 2.05) is 0 Å². The molecule has 0 bridgehead atoms. The standard InChI is InChI=1S/C19H17FN4O2/c1-26-15-7-4-6-13(11-15)19(25)22-18-10-9-17(23-24-18)21-12-14-5-2-3-8-16(14)20/h2-11H,12H2,1H3,(H,21,23)(H,22,24,25). The first-order chi connectivity index (χ1) is 12.7. The molecule has 2 aromatic carbocycles. The summed E-state index contributed by atoms with van der Waals surface area (Å²) in [6.45, 7) is 0.289. The van der Waals surface area contributed by atoms with E-state index >= 15 is 0 Å². The van der Waals surface area contributed by atoms with Gasteiger partial charge in [0.25, 0.3) is 5.91 Å². The number of anilines is 2. The number of nitrogens with one attached hydrogen (secondary N) is 2. The summed E-state index contributed by atoms with van der Waals surface area (Å²) in [4.78, 5) is 12.2. The fourth-order valence-electron chi connectivity index (χ4n) is 2.27. The van der Waals surface area contributed by atoms with Gasteiger partial charge >= 0.3 is 0 Å². The molecule has 26 heavy (non-hydrogen) atoms. The van der Waals surface area contributed by atoms with Crippen molar-refractivity contribution >= 4 is 17.5 Å². The molecule has 3 aromatic rings. The van der Waals surface area contributed by atoms with Crippen LogP contribution in [-0.4, -0.2) is 23.2 Å².